The zero-order chi connectivity index (χ0) is 14.7. The second kappa shape index (κ2) is 7.40. The molecule has 3 rings (SSSR count). The number of hydrogen-bond acceptors (Lipinski definition) is 5. The van der Waals surface area contributed by atoms with Crippen molar-refractivity contribution in [2.45, 2.75) is 13.2 Å². The van der Waals surface area contributed by atoms with Gasteiger partial charge in [0.1, 0.15) is 6.61 Å². The van der Waals surface area contributed by atoms with E-state index in [4.69, 9.17) is 9.26 Å². The van der Waals surface area contributed by atoms with E-state index in [0.717, 1.165) is 24.3 Å². The fourth-order valence-corrected chi connectivity index (χ4v) is 2.43. The monoisotopic (exact) mass is 323 g/mol. The number of ether oxygens (including phenoxy) is 1. The third-order valence-electron chi connectivity index (χ3n) is 3.42. The van der Waals surface area contributed by atoms with Crippen LogP contribution >= 0.6 is 12.4 Å². The Labute approximate surface area is 134 Å². The van der Waals surface area contributed by atoms with Crippen LogP contribution in [-0.2, 0) is 17.9 Å². The van der Waals surface area contributed by atoms with Crippen molar-refractivity contribution in [2.24, 2.45) is 0 Å². The average molecular weight is 324 g/mol. The predicted octanol–water partition coefficient (Wildman–Crippen LogP) is 1.99. The molecular weight excluding hydrogens is 306 g/mol. The minimum absolute atomic E-state index is 0. The van der Waals surface area contributed by atoms with E-state index in [1.165, 1.54) is 0 Å². The van der Waals surface area contributed by atoms with Gasteiger partial charge in [0.15, 0.2) is 11.5 Å². The maximum atomic E-state index is 12.7. The molecule has 0 unspecified atom stereocenters. The molecule has 0 fully saturated rings. The molecule has 0 atom stereocenters. The first-order valence-electron chi connectivity index (χ1n) is 6.84. The maximum Gasteiger partial charge on any atom is 0.280 e. The highest BCUT2D eigenvalue weighted by atomic mass is 35.5. The number of rotatable bonds is 3. The normalized spacial score (nSPS) is 14.0. The quantitative estimate of drug-likeness (QED) is 0.935. The minimum atomic E-state index is -0.155. The first-order valence-corrected chi connectivity index (χ1v) is 6.84. The second-order valence-electron chi connectivity index (χ2n) is 4.87. The van der Waals surface area contributed by atoms with Crippen LogP contribution in [0.1, 0.15) is 21.8 Å². The Morgan fingerprint density at radius 3 is 3.09 bits per heavy atom. The number of carbonyl (C=O) groups excluding carboxylic acids is 1. The number of benzene rings is 1. The Hall–Kier alpha value is -1.89. The van der Waals surface area contributed by atoms with Crippen molar-refractivity contribution in [1.29, 1.82) is 0 Å². The van der Waals surface area contributed by atoms with Crippen LogP contribution in [0.25, 0.3) is 0 Å². The molecule has 118 valence electrons. The number of para-hydroxylation sites is 1. The van der Waals surface area contributed by atoms with E-state index in [1.54, 1.807) is 18.1 Å². The van der Waals surface area contributed by atoms with E-state index in [9.17, 15) is 4.79 Å². The molecule has 0 saturated carbocycles. The molecule has 1 N–H and O–H groups in total. The van der Waals surface area contributed by atoms with Crippen molar-refractivity contribution in [1.82, 2.24) is 10.5 Å². The number of aromatic nitrogens is 1. The maximum absolute atomic E-state index is 12.7. The molecule has 22 heavy (non-hydrogen) atoms. The summed E-state index contributed by atoms with van der Waals surface area (Å²) in [6, 6.07) is 9.51. The van der Waals surface area contributed by atoms with Gasteiger partial charge in [0.25, 0.3) is 5.91 Å². The first kappa shape index (κ1) is 16.5. The first-order chi connectivity index (χ1) is 10.3. The van der Waals surface area contributed by atoms with Gasteiger partial charge in [-0.1, -0.05) is 23.4 Å². The summed E-state index contributed by atoms with van der Waals surface area (Å²) in [4.78, 5) is 14.4. The van der Waals surface area contributed by atoms with E-state index in [-0.39, 0.29) is 18.3 Å². The highest BCUT2D eigenvalue weighted by molar-refractivity contribution is 6.05. The lowest BCUT2D eigenvalue weighted by atomic mass is 10.1. The van der Waals surface area contributed by atoms with Gasteiger partial charge in [-0.3, -0.25) is 4.79 Å². The summed E-state index contributed by atoms with van der Waals surface area (Å²) in [5.41, 5.74) is 2.33. The number of hydrogen-bond donors (Lipinski definition) is 1. The van der Waals surface area contributed by atoms with Gasteiger partial charge in [-0.15, -0.1) is 12.4 Å². The summed E-state index contributed by atoms with van der Waals surface area (Å²) in [7, 11) is 1.57. The molecule has 1 aliphatic rings. The lowest BCUT2D eigenvalue weighted by Crippen LogP contribution is -2.34. The summed E-state index contributed by atoms with van der Waals surface area (Å²) in [5.74, 6) is 0.388. The summed E-state index contributed by atoms with van der Waals surface area (Å²) < 4.78 is 10.1. The van der Waals surface area contributed by atoms with E-state index < -0.39 is 0 Å². The van der Waals surface area contributed by atoms with Gasteiger partial charge < -0.3 is 19.5 Å². The topological polar surface area (TPSA) is 67.6 Å². The van der Waals surface area contributed by atoms with E-state index in [2.05, 4.69) is 10.5 Å². The highest BCUT2D eigenvalue weighted by Crippen LogP contribution is 2.23. The lowest BCUT2D eigenvalue weighted by Gasteiger charge is -2.21. The fraction of sp³-hybridized carbons (Fsp3) is 0.333. The number of methoxy groups -OCH3 is 1. The second-order valence-corrected chi connectivity index (χ2v) is 4.87. The van der Waals surface area contributed by atoms with Crippen molar-refractivity contribution >= 4 is 24.0 Å². The van der Waals surface area contributed by atoms with Crippen LogP contribution in [-0.4, -0.2) is 31.3 Å². The number of anilines is 1. The average Bonchev–Trinajstić information content (AvgIpc) is 2.86. The molecule has 0 aliphatic carbocycles. The summed E-state index contributed by atoms with van der Waals surface area (Å²) >= 11 is 0. The van der Waals surface area contributed by atoms with E-state index in [1.807, 2.05) is 24.3 Å². The highest BCUT2D eigenvalue weighted by Gasteiger charge is 2.24. The van der Waals surface area contributed by atoms with Gasteiger partial charge >= 0.3 is 0 Å². The molecule has 1 amide bonds. The van der Waals surface area contributed by atoms with Crippen molar-refractivity contribution in [3.8, 4) is 0 Å². The zero-order valence-electron chi connectivity index (χ0n) is 12.2. The van der Waals surface area contributed by atoms with Crippen LogP contribution in [0.3, 0.4) is 0 Å². The Morgan fingerprint density at radius 1 is 1.45 bits per heavy atom. The third kappa shape index (κ3) is 3.30. The summed E-state index contributed by atoms with van der Waals surface area (Å²) in [6.07, 6.45) is 0. The third-order valence-corrected chi connectivity index (χ3v) is 3.42. The minimum Gasteiger partial charge on any atom is -0.377 e. The van der Waals surface area contributed by atoms with Gasteiger partial charge in [-0.05, 0) is 11.6 Å². The molecule has 0 spiro atoms. The number of halogens is 1. The Morgan fingerprint density at radius 2 is 2.27 bits per heavy atom. The molecule has 1 aliphatic heterocycles. The number of fused-ring (bicyclic) bond motifs is 1. The molecule has 1 aromatic carbocycles. The molecule has 6 nitrogen and oxygen atoms in total. The summed E-state index contributed by atoms with van der Waals surface area (Å²) in [5, 5.41) is 7.15. The van der Waals surface area contributed by atoms with Gasteiger partial charge in [-0.25, -0.2) is 0 Å². The standard InChI is InChI=1S/C15H17N3O3.ClH/c1-20-10-12-8-13(17-21-12)15(19)18-7-6-16-9-11-4-2-3-5-14(11)18;/h2-5,8,16H,6-7,9-10H2,1H3;1H. The molecule has 0 saturated heterocycles. The fourth-order valence-electron chi connectivity index (χ4n) is 2.43. The van der Waals surface area contributed by atoms with Gasteiger partial charge in [0.05, 0.1) is 0 Å². The predicted molar refractivity (Wildman–Crippen MR) is 84.3 cm³/mol. The van der Waals surface area contributed by atoms with Crippen molar-refractivity contribution < 1.29 is 14.1 Å². The molecule has 0 bridgehead atoms. The molecular formula is C15H18ClN3O3. The number of carbonyl (C=O) groups is 1. The number of amides is 1. The molecule has 2 heterocycles. The van der Waals surface area contributed by atoms with Crippen LogP contribution in [0.4, 0.5) is 5.69 Å². The van der Waals surface area contributed by atoms with E-state index in [0.29, 0.717) is 24.6 Å². The van der Waals surface area contributed by atoms with Crippen molar-refractivity contribution in [3.05, 3.63) is 47.3 Å². The van der Waals surface area contributed by atoms with Crippen LogP contribution in [0, 0.1) is 0 Å². The van der Waals surface area contributed by atoms with Gasteiger partial charge in [0.2, 0.25) is 0 Å². The molecule has 1 aromatic heterocycles. The van der Waals surface area contributed by atoms with Crippen LogP contribution in [0.15, 0.2) is 34.9 Å². The van der Waals surface area contributed by atoms with Crippen molar-refractivity contribution in [2.75, 3.05) is 25.1 Å². The molecule has 7 heteroatoms. The van der Waals surface area contributed by atoms with E-state index >= 15 is 0 Å². The van der Waals surface area contributed by atoms with Gasteiger partial charge in [-0.2, -0.15) is 0 Å². The van der Waals surface area contributed by atoms with Crippen LogP contribution < -0.4 is 10.2 Å². The Balaban J connectivity index is 0.00000176. The smallest absolute Gasteiger partial charge is 0.280 e. The zero-order valence-corrected chi connectivity index (χ0v) is 13.1. The largest absolute Gasteiger partial charge is 0.377 e. The van der Waals surface area contributed by atoms with Crippen LogP contribution in [0.5, 0.6) is 0 Å². The van der Waals surface area contributed by atoms with Crippen molar-refractivity contribution in [3.63, 3.8) is 0 Å². The lowest BCUT2D eigenvalue weighted by molar-refractivity contribution is 0.0978. The van der Waals surface area contributed by atoms with Gasteiger partial charge in [0, 0.05) is 38.5 Å². The number of nitrogens with one attached hydrogen (secondary N) is 1. The summed E-state index contributed by atoms with van der Waals surface area (Å²) in [6.45, 7) is 2.40. The molecule has 2 aromatic rings. The molecule has 0 radical (unpaired) electrons. The number of nitrogens with zero attached hydrogens (tertiary/aromatic N) is 2. The van der Waals surface area contributed by atoms with Crippen LogP contribution in [0.2, 0.25) is 0 Å². The SMILES string of the molecule is COCc1cc(C(=O)N2CCNCc3ccccc32)no1.Cl. The Bertz CT molecular complexity index is 644. The Kier molecular flexibility index (Phi) is 5.54.